The summed E-state index contributed by atoms with van der Waals surface area (Å²) in [7, 11) is 1.71. The second kappa shape index (κ2) is 8.14. The summed E-state index contributed by atoms with van der Waals surface area (Å²) >= 11 is 3.73. The maximum Gasteiger partial charge on any atom is 0.119 e. The summed E-state index contributed by atoms with van der Waals surface area (Å²) in [6.45, 7) is 0. The minimum Gasteiger partial charge on any atom is -0.497 e. The maximum absolute atomic E-state index is 5.39. The standard InChI is InChI=1S/C20H18OS2/c1-21-17-10-8-9-16(15-17)20(22-18-11-4-2-5-12-18)23-19-13-6-3-7-14-19/h2-15,20H,1H3. The zero-order chi connectivity index (χ0) is 15.9. The lowest BCUT2D eigenvalue weighted by Crippen LogP contribution is -1.91. The lowest BCUT2D eigenvalue weighted by atomic mass is 10.2. The van der Waals surface area contributed by atoms with E-state index in [1.807, 2.05) is 29.6 Å². The molecule has 0 saturated heterocycles. The fraction of sp³-hybridized carbons (Fsp3) is 0.100. The Bertz CT molecular complexity index is 687. The molecule has 0 aliphatic rings. The predicted octanol–water partition coefficient (Wildman–Crippen LogP) is 6.28. The topological polar surface area (TPSA) is 9.23 Å². The third-order valence-electron chi connectivity index (χ3n) is 3.34. The molecule has 0 N–H and O–H groups in total. The molecule has 0 fully saturated rings. The highest BCUT2D eigenvalue weighted by Crippen LogP contribution is 2.47. The molecule has 3 heteroatoms. The molecule has 0 aromatic heterocycles. The van der Waals surface area contributed by atoms with Crippen LogP contribution in [0.5, 0.6) is 5.75 Å². The van der Waals surface area contributed by atoms with Gasteiger partial charge >= 0.3 is 0 Å². The molecule has 0 amide bonds. The van der Waals surface area contributed by atoms with Crippen LogP contribution in [0.4, 0.5) is 0 Å². The first-order chi connectivity index (χ1) is 11.3. The molecule has 116 valence electrons. The predicted molar refractivity (Wildman–Crippen MR) is 100 cm³/mol. The van der Waals surface area contributed by atoms with Crippen LogP contribution >= 0.6 is 23.5 Å². The van der Waals surface area contributed by atoms with Crippen LogP contribution in [0.2, 0.25) is 0 Å². The molecule has 3 rings (SSSR count). The van der Waals surface area contributed by atoms with E-state index in [-0.39, 0.29) is 4.58 Å². The van der Waals surface area contributed by atoms with E-state index in [0.29, 0.717) is 0 Å². The van der Waals surface area contributed by atoms with Gasteiger partial charge in [0.05, 0.1) is 11.7 Å². The quantitative estimate of drug-likeness (QED) is 0.387. The molecular formula is C20H18OS2. The van der Waals surface area contributed by atoms with Gasteiger partial charge in [0.2, 0.25) is 0 Å². The Hall–Kier alpha value is -1.84. The van der Waals surface area contributed by atoms with Crippen molar-refractivity contribution < 1.29 is 4.74 Å². The normalized spacial score (nSPS) is 10.7. The molecule has 0 bridgehead atoms. The van der Waals surface area contributed by atoms with E-state index < -0.39 is 0 Å². The number of benzene rings is 3. The second-order valence-electron chi connectivity index (χ2n) is 4.97. The van der Waals surface area contributed by atoms with Gasteiger partial charge in [-0.1, -0.05) is 48.5 Å². The molecule has 3 aromatic rings. The van der Waals surface area contributed by atoms with E-state index in [4.69, 9.17) is 4.74 Å². The highest BCUT2D eigenvalue weighted by atomic mass is 32.2. The van der Waals surface area contributed by atoms with Crippen molar-refractivity contribution in [2.24, 2.45) is 0 Å². The smallest absolute Gasteiger partial charge is 0.119 e. The van der Waals surface area contributed by atoms with Gasteiger partial charge < -0.3 is 4.74 Å². The van der Waals surface area contributed by atoms with E-state index in [1.165, 1.54) is 15.4 Å². The summed E-state index contributed by atoms with van der Waals surface area (Å²) in [5, 5.41) is 0. The molecule has 0 heterocycles. The van der Waals surface area contributed by atoms with Crippen LogP contribution in [-0.4, -0.2) is 7.11 Å². The first-order valence-corrected chi connectivity index (χ1v) is 9.18. The van der Waals surface area contributed by atoms with Crippen molar-refractivity contribution in [1.82, 2.24) is 0 Å². The molecule has 0 aliphatic carbocycles. The van der Waals surface area contributed by atoms with Gasteiger partial charge in [0.25, 0.3) is 0 Å². The average Bonchev–Trinajstić information content (AvgIpc) is 2.63. The highest BCUT2D eigenvalue weighted by Gasteiger charge is 2.15. The van der Waals surface area contributed by atoms with Gasteiger partial charge in [-0.05, 0) is 42.0 Å². The van der Waals surface area contributed by atoms with Gasteiger partial charge in [-0.3, -0.25) is 0 Å². The first kappa shape index (κ1) is 16.0. The number of hydrogen-bond acceptors (Lipinski definition) is 3. The number of methoxy groups -OCH3 is 1. The van der Waals surface area contributed by atoms with E-state index in [1.54, 1.807) is 7.11 Å². The largest absolute Gasteiger partial charge is 0.497 e. The monoisotopic (exact) mass is 338 g/mol. The summed E-state index contributed by atoms with van der Waals surface area (Å²) in [6.07, 6.45) is 0. The van der Waals surface area contributed by atoms with Crippen molar-refractivity contribution >= 4 is 23.5 Å². The lowest BCUT2D eigenvalue weighted by molar-refractivity contribution is 0.414. The van der Waals surface area contributed by atoms with Gasteiger partial charge in [0.15, 0.2) is 0 Å². The molecular weight excluding hydrogens is 320 g/mol. The second-order valence-corrected chi connectivity index (χ2v) is 7.63. The van der Waals surface area contributed by atoms with Gasteiger partial charge in [-0.2, -0.15) is 0 Å². The fourth-order valence-electron chi connectivity index (χ4n) is 2.19. The van der Waals surface area contributed by atoms with E-state index in [2.05, 4.69) is 78.9 Å². The summed E-state index contributed by atoms with van der Waals surface area (Å²) in [6, 6.07) is 29.4. The summed E-state index contributed by atoms with van der Waals surface area (Å²) < 4.78 is 5.66. The zero-order valence-corrected chi connectivity index (χ0v) is 14.5. The first-order valence-electron chi connectivity index (χ1n) is 7.42. The van der Waals surface area contributed by atoms with Gasteiger partial charge in [-0.15, -0.1) is 23.5 Å². The van der Waals surface area contributed by atoms with Crippen molar-refractivity contribution in [2.75, 3.05) is 7.11 Å². The fourth-order valence-corrected chi connectivity index (χ4v) is 4.74. The Labute approximate surface area is 146 Å². The van der Waals surface area contributed by atoms with Crippen LogP contribution in [0.25, 0.3) is 0 Å². The Morgan fingerprint density at radius 2 is 1.26 bits per heavy atom. The molecule has 3 aromatic carbocycles. The molecule has 1 nitrogen and oxygen atoms in total. The Morgan fingerprint density at radius 3 is 1.78 bits per heavy atom. The van der Waals surface area contributed by atoms with Crippen LogP contribution in [0, 0.1) is 0 Å². The van der Waals surface area contributed by atoms with Gasteiger partial charge in [0.1, 0.15) is 5.75 Å². The lowest BCUT2D eigenvalue weighted by Gasteiger charge is -2.17. The summed E-state index contributed by atoms with van der Waals surface area (Å²) in [5.74, 6) is 0.898. The van der Waals surface area contributed by atoms with Crippen LogP contribution in [0.3, 0.4) is 0 Å². The van der Waals surface area contributed by atoms with Crippen molar-refractivity contribution in [3.63, 3.8) is 0 Å². The Balaban J connectivity index is 1.88. The SMILES string of the molecule is COc1cccc(C(Sc2ccccc2)Sc2ccccc2)c1. The molecule has 0 spiro atoms. The molecule has 0 unspecified atom stereocenters. The maximum atomic E-state index is 5.39. The van der Waals surface area contributed by atoms with Crippen LogP contribution in [0.15, 0.2) is 94.7 Å². The van der Waals surface area contributed by atoms with Gasteiger partial charge in [-0.25, -0.2) is 0 Å². The Kier molecular flexibility index (Phi) is 5.67. The number of rotatable bonds is 6. The number of thioether (sulfide) groups is 2. The van der Waals surface area contributed by atoms with Crippen LogP contribution in [-0.2, 0) is 0 Å². The van der Waals surface area contributed by atoms with E-state index in [0.717, 1.165) is 5.75 Å². The minimum atomic E-state index is 0.273. The minimum absolute atomic E-state index is 0.273. The van der Waals surface area contributed by atoms with E-state index >= 15 is 0 Å². The Morgan fingerprint density at radius 1 is 0.696 bits per heavy atom. The van der Waals surface area contributed by atoms with Crippen LogP contribution in [0.1, 0.15) is 10.1 Å². The van der Waals surface area contributed by atoms with E-state index in [9.17, 15) is 0 Å². The van der Waals surface area contributed by atoms with Crippen molar-refractivity contribution in [1.29, 1.82) is 0 Å². The summed E-state index contributed by atoms with van der Waals surface area (Å²) in [5.41, 5.74) is 1.26. The van der Waals surface area contributed by atoms with Crippen LogP contribution < -0.4 is 4.74 Å². The van der Waals surface area contributed by atoms with Gasteiger partial charge in [0, 0.05) is 9.79 Å². The third kappa shape index (κ3) is 4.57. The third-order valence-corrected chi connectivity index (χ3v) is 5.98. The van der Waals surface area contributed by atoms with Crippen molar-refractivity contribution in [2.45, 2.75) is 14.4 Å². The molecule has 0 aliphatic heterocycles. The number of ether oxygens (including phenoxy) is 1. The molecule has 0 saturated carbocycles. The molecule has 23 heavy (non-hydrogen) atoms. The number of hydrogen-bond donors (Lipinski definition) is 0. The van der Waals surface area contributed by atoms with Crippen molar-refractivity contribution in [3.8, 4) is 5.75 Å². The average molecular weight is 338 g/mol. The van der Waals surface area contributed by atoms with Crippen molar-refractivity contribution in [3.05, 3.63) is 90.5 Å². The molecule has 0 radical (unpaired) electrons. The highest BCUT2D eigenvalue weighted by molar-refractivity contribution is 8.16. The summed E-state index contributed by atoms with van der Waals surface area (Å²) in [4.78, 5) is 2.53. The zero-order valence-electron chi connectivity index (χ0n) is 12.9. The molecule has 0 atom stereocenters.